The summed E-state index contributed by atoms with van der Waals surface area (Å²) in [5.74, 6) is -0.0382. The molecule has 2 heterocycles. The molecule has 0 spiro atoms. The molecule has 0 atom stereocenters. The summed E-state index contributed by atoms with van der Waals surface area (Å²) in [6.45, 7) is 13.6. The number of hydrogen-bond donors (Lipinski definition) is 0. The van der Waals surface area contributed by atoms with E-state index in [-0.39, 0.29) is 5.91 Å². The summed E-state index contributed by atoms with van der Waals surface area (Å²) < 4.78 is 0. The normalized spacial score (nSPS) is 21.6. The van der Waals surface area contributed by atoms with E-state index < -0.39 is 0 Å². The molecule has 0 unspecified atom stereocenters. The predicted octanol–water partition coefficient (Wildman–Crippen LogP) is 3.47. The average molecular weight is 351 g/mol. The molecule has 0 aromatic carbocycles. The van der Waals surface area contributed by atoms with Crippen LogP contribution in [0.3, 0.4) is 0 Å². The topological polar surface area (TPSA) is 39.2 Å². The second-order valence-corrected chi connectivity index (χ2v) is 7.23. The van der Waals surface area contributed by atoms with Gasteiger partial charge in [-0.25, -0.2) is 0 Å². The Kier molecular flexibility index (Phi) is 7.37. The third-order valence-corrected chi connectivity index (χ3v) is 5.57. The quantitative estimate of drug-likeness (QED) is 0.688. The lowest BCUT2D eigenvalue weighted by atomic mass is 10.2. The van der Waals surface area contributed by atoms with Crippen molar-refractivity contribution in [2.24, 2.45) is 5.10 Å². The van der Waals surface area contributed by atoms with Crippen LogP contribution in [0.15, 0.2) is 28.0 Å². The van der Waals surface area contributed by atoms with Crippen LogP contribution in [-0.2, 0) is 4.79 Å². The van der Waals surface area contributed by atoms with E-state index >= 15 is 0 Å². The van der Waals surface area contributed by atoms with Gasteiger partial charge in [0.05, 0.1) is 0 Å². The molecule has 2 aliphatic rings. The molecule has 1 fully saturated rings. The van der Waals surface area contributed by atoms with Gasteiger partial charge in [0.1, 0.15) is 10.1 Å². The molecule has 24 heavy (non-hydrogen) atoms. The van der Waals surface area contributed by atoms with Crippen LogP contribution in [0.5, 0.6) is 0 Å². The first-order valence-corrected chi connectivity index (χ1v) is 9.85. The van der Waals surface area contributed by atoms with Gasteiger partial charge in [0.25, 0.3) is 5.91 Å². The van der Waals surface area contributed by atoms with Gasteiger partial charge in [-0.2, -0.15) is 10.1 Å². The SMILES string of the molecule is CCCC=C1SC(CC)=NN1C(=O)C=C(C)N1CCN(CC)CC1. The third-order valence-electron chi connectivity index (χ3n) is 4.41. The summed E-state index contributed by atoms with van der Waals surface area (Å²) in [7, 11) is 0. The van der Waals surface area contributed by atoms with Gasteiger partial charge in [-0.3, -0.25) is 4.79 Å². The zero-order valence-corrected chi connectivity index (χ0v) is 16.2. The van der Waals surface area contributed by atoms with Gasteiger partial charge in [-0.05, 0) is 26.3 Å². The molecule has 0 aliphatic carbocycles. The monoisotopic (exact) mass is 350 g/mol. The zero-order chi connectivity index (χ0) is 17.5. The second-order valence-electron chi connectivity index (χ2n) is 6.14. The number of amides is 1. The van der Waals surface area contributed by atoms with E-state index in [2.05, 4.69) is 41.7 Å². The standard InChI is InChI=1S/C18H30N4OS/c1-5-8-9-18-22(19-16(6-2)24-18)17(23)14-15(4)21-12-10-20(7-3)11-13-21/h9,14H,5-8,10-13H2,1-4H3. The van der Waals surface area contributed by atoms with Crippen LogP contribution < -0.4 is 0 Å². The van der Waals surface area contributed by atoms with Gasteiger partial charge >= 0.3 is 0 Å². The number of piperazine rings is 1. The smallest absolute Gasteiger partial charge is 0.273 e. The Balaban J connectivity index is 2.04. The third kappa shape index (κ3) is 4.86. The number of carbonyl (C=O) groups is 1. The highest BCUT2D eigenvalue weighted by atomic mass is 32.2. The molecule has 0 saturated carbocycles. The van der Waals surface area contributed by atoms with Gasteiger partial charge in [0.2, 0.25) is 0 Å². The Bertz CT molecular complexity index is 533. The lowest BCUT2D eigenvalue weighted by Gasteiger charge is -2.35. The van der Waals surface area contributed by atoms with Gasteiger partial charge in [-0.1, -0.05) is 45.0 Å². The second kappa shape index (κ2) is 9.28. The van der Waals surface area contributed by atoms with E-state index in [9.17, 15) is 4.79 Å². The molecular weight excluding hydrogens is 320 g/mol. The molecule has 0 aromatic heterocycles. The summed E-state index contributed by atoms with van der Waals surface area (Å²) in [6, 6.07) is 0. The Hall–Kier alpha value is -1.27. The number of carbonyl (C=O) groups excluding carboxylic acids is 1. The maximum Gasteiger partial charge on any atom is 0.273 e. The van der Waals surface area contributed by atoms with Crippen molar-refractivity contribution in [3.05, 3.63) is 22.9 Å². The van der Waals surface area contributed by atoms with Crippen molar-refractivity contribution in [3.63, 3.8) is 0 Å². The Morgan fingerprint density at radius 1 is 1.21 bits per heavy atom. The van der Waals surface area contributed by atoms with Gasteiger partial charge in [0, 0.05) is 38.0 Å². The van der Waals surface area contributed by atoms with E-state index in [1.807, 2.05) is 6.92 Å². The largest absolute Gasteiger partial charge is 0.372 e. The molecule has 2 aliphatic heterocycles. The highest BCUT2D eigenvalue weighted by Gasteiger charge is 2.25. The van der Waals surface area contributed by atoms with Gasteiger partial charge < -0.3 is 9.80 Å². The van der Waals surface area contributed by atoms with Crippen molar-refractivity contribution >= 4 is 22.7 Å². The fourth-order valence-corrected chi connectivity index (χ4v) is 3.72. The molecule has 0 aromatic rings. The first-order chi connectivity index (χ1) is 11.6. The van der Waals surface area contributed by atoms with Crippen LogP contribution in [0.1, 0.15) is 47.0 Å². The molecule has 2 rings (SSSR count). The molecule has 5 nitrogen and oxygen atoms in total. The molecule has 0 radical (unpaired) electrons. The number of hydrazone groups is 1. The van der Waals surface area contributed by atoms with Crippen molar-refractivity contribution in [1.82, 2.24) is 14.8 Å². The van der Waals surface area contributed by atoms with E-state index in [4.69, 9.17) is 0 Å². The lowest BCUT2D eigenvalue weighted by molar-refractivity contribution is -0.123. The maximum atomic E-state index is 12.7. The van der Waals surface area contributed by atoms with E-state index in [0.29, 0.717) is 0 Å². The first kappa shape index (κ1) is 19.1. The van der Waals surface area contributed by atoms with Crippen molar-refractivity contribution in [1.29, 1.82) is 0 Å². The maximum absolute atomic E-state index is 12.7. The minimum Gasteiger partial charge on any atom is -0.372 e. The number of hydrogen-bond acceptors (Lipinski definition) is 5. The average Bonchev–Trinajstić information content (AvgIpc) is 3.03. The zero-order valence-electron chi connectivity index (χ0n) is 15.4. The van der Waals surface area contributed by atoms with Crippen LogP contribution in [-0.4, -0.2) is 58.5 Å². The summed E-state index contributed by atoms with van der Waals surface area (Å²) in [6.07, 6.45) is 6.77. The van der Waals surface area contributed by atoms with Crippen LogP contribution in [0.4, 0.5) is 0 Å². The number of nitrogens with zero attached hydrogens (tertiary/aromatic N) is 4. The van der Waals surface area contributed by atoms with Crippen LogP contribution in [0.25, 0.3) is 0 Å². The van der Waals surface area contributed by atoms with Gasteiger partial charge in [-0.15, -0.1) is 0 Å². The van der Waals surface area contributed by atoms with Crippen LogP contribution in [0.2, 0.25) is 0 Å². The lowest BCUT2D eigenvalue weighted by Crippen LogP contribution is -2.45. The number of thioether (sulfide) groups is 1. The number of likely N-dealkylation sites (N-methyl/N-ethyl adjacent to an activating group) is 1. The molecule has 1 saturated heterocycles. The van der Waals surface area contributed by atoms with E-state index in [1.165, 1.54) is 0 Å². The van der Waals surface area contributed by atoms with Crippen LogP contribution >= 0.6 is 11.8 Å². The van der Waals surface area contributed by atoms with Crippen LogP contribution in [0, 0.1) is 0 Å². The van der Waals surface area contributed by atoms with E-state index in [0.717, 1.165) is 67.8 Å². The molecule has 0 N–H and O–H groups in total. The van der Waals surface area contributed by atoms with Crippen molar-refractivity contribution in [3.8, 4) is 0 Å². The minimum absolute atomic E-state index is 0.0382. The molecule has 0 bridgehead atoms. The molecule has 134 valence electrons. The fraction of sp³-hybridized carbons (Fsp3) is 0.667. The first-order valence-electron chi connectivity index (χ1n) is 9.04. The van der Waals surface area contributed by atoms with E-state index in [1.54, 1.807) is 22.8 Å². The number of rotatable bonds is 6. The highest BCUT2D eigenvalue weighted by Crippen LogP contribution is 2.32. The summed E-state index contributed by atoms with van der Waals surface area (Å²) >= 11 is 1.62. The fourth-order valence-electron chi connectivity index (χ4n) is 2.79. The van der Waals surface area contributed by atoms with Crippen molar-refractivity contribution in [2.45, 2.75) is 47.0 Å². The molecule has 6 heteroatoms. The Morgan fingerprint density at radius 2 is 1.92 bits per heavy atom. The Labute approximate surface area is 150 Å². The Morgan fingerprint density at radius 3 is 2.50 bits per heavy atom. The number of allylic oxidation sites excluding steroid dienone is 2. The highest BCUT2D eigenvalue weighted by molar-refractivity contribution is 8.17. The molecular formula is C18H30N4OS. The van der Waals surface area contributed by atoms with Gasteiger partial charge in [0.15, 0.2) is 0 Å². The predicted molar refractivity (Wildman–Crippen MR) is 103 cm³/mol. The van der Waals surface area contributed by atoms with Crippen molar-refractivity contribution < 1.29 is 4.79 Å². The number of unbranched alkanes of at least 4 members (excludes halogenated alkanes) is 1. The molecule has 1 amide bonds. The summed E-state index contributed by atoms with van der Waals surface area (Å²) in [5, 5.41) is 8.03. The van der Waals surface area contributed by atoms with Crippen molar-refractivity contribution in [2.75, 3.05) is 32.7 Å². The summed E-state index contributed by atoms with van der Waals surface area (Å²) in [4.78, 5) is 17.4. The minimum atomic E-state index is -0.0382. The summed E-state index contributed by atoms with van der Waals surface area (Å²) in [5.41, 5.74) is 1.04.